The Hall–Kier alpha value is -1.49. The SMILES string of the molecule is CNC(C)Cc1ccc([N+](=O)[O-])cc1F. The number of hydrogen-bond acceptors (Lipinski definition) is 3. The Labute approximate surface area is 87.3 Å². The zero-order valence-electron chi connectivity index (χ0n) is 8.66. The molecular weight excluding hydrogens is 199 g/mol. The van der Waals surface area contributed by atoms with Crippen LogP contribution in [-0.2, 0) is 6.42 Å². The topological polar surface area (TPSA) is 55.2 Å². The minimum absolute atomic E-state index is 0.140. The van der Waals surface area contributed by atoms with Gasteiger partial charge in [0.25, 0.3) is 5.69 Å². The van der Waals surface area contributed by atoms with E-state index in [9.17, 15) is 14.5 Å². The van der Waals surface area contributed by atoms with Crippen LogP contribution < -0.4 is 5.32 Å². The minimum Gasteiger partial charge on any atom is -0.317 e. The van der Waals surface area contributed by atoms with E-state index in [2.05, 4.69) is 5.32 Å². The molecule has 1 aromatic rings. The second kappa shape index (κ2) is 4.84. The fourth-order valence-corrected chi connectivity index (χ4v) is 1.25. The molecule has 0 saturated carbocycles. The third kappa shape index (κ3) is 2.99. The van der Waals surface area contributed by atoms with E-state index in [4.69, 9.17) is 0 Å². The molecule has 0 aliphatic carbocycles. The highest BCUT2D eigenvalue weighted by molar-refractivity contribution is 5.34. The van der Waals surface area contributed by atoms with Crippen LogP contribution >= 0.6 is 0 Å². The molecule has 0 aliphatic rings. The zero-order chi connectivity index (χ0) is 11.4. The van der Waals surface area contributed by atoms with Crippen LogP contribution in [0.4, 0.5) is 10.1 Å². The van der Waals surface area contributed by atoms with Gasteiger partial charge in [-0.2, -0.15) is 0 Å². The van der Waals surface area contributed by atoms with Crippen LogP contribution in [-0.4, -0.2) is 18.0 Å². The fourth-order valence-electron chi connectivity index (χ4n) is 1.25. The lowest BCUT2D eigenvalue weighted by atomic mass is 10.1. The van der Waals surface area contributed by atoms with Crippen LogP contribution in [0.25, 0.3) is 0 Å². The first-order valence-corrected chi connectivity index (χ1v) is 4.64. The molecule has 4 nitrogen and oxygen atoms in total. The predicted octanol–water partition coefficient (Wildman–Crippen LogP) is 1.88. The Morgan fingerprint density at radius 1 is 1.60 bits per heavy atom. The number of nitro benzene ring substituents is 1. The molecule has 0 aliphatic heterocycles. The van der Waals surface area contributed by atoms with Gasteiger partial charge in [-0.15, -0.1) is 0 Å². The van der Waals surface area contributed by atoms with Crippen LogP contribution in [0.3, 0.4) is 0 Å². The number of nitrogens with zero attached hydrogens (tertiary/aromatic N) is 1. The number of halogens is 1. The Bertz CT molecular complexity index is 368. The average molecular weight is 212 g/mol. The maximum Gasteiger partial charge on any atom is 0.272 e. The first-order chi connectivity index (χ1) is 7.04. The largest absolute Gasteiger partial charge is 0.317 e. The highest BCUT2D eigenvalue weighted by atomic mass is 19.1. The smallest absolute Gasteiger partial charge is 0.272 e. The normalized spacial score (nSPS) is 12.5. The molecule has 82 valence electrons. The van der Waals surface area contributed by atoms with Crippen molar-refractivity contribution in [2.75, 3.05) is 7.05 Å². The number of likely N-dealkylation sites (N-methyl/N-ethyl adjacent to an activating group) is 1. The lowest BCUT2D eigenvalue weighted by Gasteiger charge is -2.10. The van der Waals surface area contributed by atoms with E-state index in [1.807, 2.05) is 6.92 Å². The van der Waals surface area contributed by atoms with Gasteiger partial charge in [0.1, 0.15) is 5.82 Å². The third-order valence-electron chi connectivity index (χ3n) is 2.27. The molecule has 0 heterocycles. The first kappa shape index (κ1) is 11.6. The standard InChI is InChI=1S/C10H13FN2O2/c1-7(12-2)5-8-3-4-9(13(14)15)6-10(8)11/h3-4,6-7,12H,5H2,1-2H3. The molecule has 0 saturated heterocycles. The lowest BCUT2D eigenvalue weighted by molar-refractivity contribution is -0.385. The number of nitrogens with one attached hydrogen (secondary N) is 1. The summed E-state index contributed by atoms with van der Waals surface area (Å²) < 4.78 is 13.4. The van der Waals surface area contributed by atoms with Crippen LogP contribution in [0.2, 0.25) is 0 Å². The summed E-state index contributed by atoms with van der Waals surface area (Å²) >= 11 is 0. The van der Waals surface area contributed by atoms with E-state index < -0.39 is 10.7 Å². The van der Waals surface area contributed by atoms with Crippen LogP contribution in [0.5, 0.6) is 0 Å². The van der Waals surface area contributed by atoms with Gasteiger partial charge in [0.05, 0.1) is 11.0 Å². The summed E-state index contributed by atoms with van der Waals surface area (Å²) in [5.74, 6) is -0.522. The molecule has 0 fully saturated rings. The monoisotopic (exact) mass is 212 g/mol. The van der Waals surface area contributed by atoms with Crippen LogP contribution in [0, 0.1) is 15.9 Å². The lowest BCUT2D eigenvalue weighted by Crippen LogP contribution is -2.23. The Morgan fingerprint density at radius 3 is 2.73 bits per heavy atom. The van der Waals surface area contributed by atoms with Crippen molar-refractivity contribution in [2.24, 2.45) is 0 Å². The average Bonchev–Trinajstić information content (AvgIpc) is 2.20. The Balaban J connectivity index is 2.88. The van der Waals surface area contributed by atoms with Crippen molar-refractivity contribution in [3.8, 4) is 0 Å². The van der Waals surface area contributed by atoms with E-state index in [1.54, 1.807) is 7.05 Å². The van der Waals surface area contributed by atoms with Gasteiger partial charge >= 0.3 is 0 Å². The van der Waals surface area contributed by atoms with Crippen molar-refractivity contribution < 1.29 is 9.31 Å². The second-order valence-electron chi connectivity index (χ2n) is 3.43. The van der Waals surface area contributed by atoms with Gasteiger partial charge in [-0.25, -0.2) is 4.39 Å². The molecule has 15 heavy (non-hydrogen) atoms. The van der Waals surface area contributed by atoms with Gasteiger partial charge in [0.2, 0.25) is 0 Å². The van der Waals surface area contributed by atoms with Crippen molar-refractivity contribution >= 4 is 5.69 Å². The highest BCUT2D eigenvalue weighted by Gasteiger charge is 2.11. The number of rotatable bonds is 4. The summed E-state index contributed by atoms with van der Waals surface area (Å²) in [6.07, 6.45) is 0.514. The molecule has 0 bridgehead atoms. The minimum atomic E-state index is -0.603. The summed E-state index contributed by atoms with van der Waals surface area (Å²) in [5, 5.41) is 13.3. The molecule has 0 radical (unpaired) electrons. The molecule has 0 amide bonds. The van der Waals surface area contributed by atoms with Gasteiger partial charge in [0, 0.05) is 12.1 Å². The van der Waals surface area contributed by atoms with E-state index in [1.165, 1.54) is 12.1 Å². The molecular formula is C10H13FN2O2. The summed E-state index contributed by atoms with van der Waals surface area (Å²) in [6, 6.07) is 3.88. The summed E-state index contributed by atoms with van der Waals surface area (Å²) in [5.41, 5.74) is 0.274. The quantitative estimate of drug-likeness (QED) is 0.612. The first-order valence-electron chi connectivity index (χ1n) is 4.64. The van der Waals surface area contributed by atoms with Crippen molar-refractivity contribution in [3.05, 3.63) is 39.7 Å². The molecule has 0 aromatic heterocycles. The van der Waals surface area contributed by atoms with Crippen molar-refractivity contribution in [1.29, 1.82) is 0 Å². The van der Waals surface area contributed by atoms with E-state index in [-0.39, 0.29) is 11.7 Å². The molecule has 1 rings (SSSR count). The molecule has 1 unspecified atom stereocenters. The molecule has 1 N–H and O–H groups in total. The Morgan fingerprint density at radius 2 is 2.27 bits per heavy atom. The van der Waals surface area contributed by atoms with E-state index in [0.29, 0.717) is 12.0 Å². The molecule has 1 aromatic carbocycles. The summed E-state index contributed by atoms with van der Waals surface area (Å²) in [7, 11) is 1.79. The van der Waals surface area contributed by atoms with Gasteiger partial charge in [0.15, 0.2) is 0 Å². The van der Waals surface area contributed by atoms with E-state index >= 15 is 0 Å². The highest BCUT2D eigenvalue weighted by Crippen LogP contribution is 2.17. The van der Waals surface area contributed by atoms with Gasteiger partial charge in [-0.05, 0) is 32.0 Å². The van der Waals surface area contributed by atoms with Gasteiger partial charge < -0.3 is 5.32 Å². The number of nitro groups is 1. The molecule has 0 spiro atoms. The summed E-state index contributed by atoms with van der Waals surface area (Å²) in [4.78, 5) is 9.77. The maximum atomic E-state index is 13.4. The summed E-state index contributed by atoms with van der Waals surface area (Å²) in [6.45, 7) is 1.92. The molecule has 1 atom stereocenters. The molecule has 5 heteroatoms. The second-order valence-corrected chi connectivity index (χ2v) is 3.43. The van der Waals surface area contributed by atoms with Gasteiger partial charge in [-0.1, -0.05) is 0 Å². The zero-order valence-corrected chi connectivity index (χ0v) is 8.66. The van der Waals surface area contributed by atoms with E-state index in [0.717, 1.165) is 6.07 Å². The number of non-ortho nitro benzene ring substituents is 1. The van der Waals surface area contributed by atoms with Crippen LogP contribution in [0.15, 0.2) is 18.2 Å². The van der Waals surface area contributed by atoms with Crippen LogP contribution in [0.1, 0.15) is 12.5 Å². The third-order valence-corrected chi connectivity index (χ3v) is 2.27. The van der Waals surface area contributed by atoms with Crippen molar-refractivity contribution in [1.82, 2.24) is 5.32 Å². The predicted molar refractivity (Wildman–Crippen MR) is 55.3 cm³/mol. The fraction of sp³-hybridized carbons (Fsp3) is 0.400. The Kier molecular flexibility index (Phi) is 3.74. The number of benzene rings is 1. The maximum absolute atomic E-state index is 13.4. The number of hydrogen-bond donors (Lipinski definition) is 1. The van der Waals surface area contributed by atoms with Crippen molar-refractivity contribution in [3.63, 3.8) is 0 Å². The van der Waals surface area contributed by atoms with Gasteiger partial charge in [-0.3, -0.25) is 10.1 Å². The van der Waals surface area contributed by atoms with Crippen molar-refractivity contribution in [2.45, 2.75) is 19.4 Å².